The van der Waals surface area contributed by atoms with Crippen LogP contribution in [0.5, 0.6) is 11.5 Å². The SMILES string of the molecule is O=C(CCC(=O)OCC(=O)c1cccs1)Nc1ccc(Oc2ccccc2)cc1. The number of rotatable bonds is 9. The number of para-hydroxylation sites is 1. The van der Waals surface area contributed by atoms with Crippen LogP contribution >= 0.6 is 11.3 Å². The van der Waals surface area contributed by atoms with E-state index in [1.165, 1.54) is 11.3 Å². The van der Waals surface area contributed by atoms with E-state index in [4.69, 9.17) is 9.47 Å². The Morgan fingerprint density at radius 1 is 0.828 bits per heavy atom. The van der Waals surface area contributed by atoms with Gasteiger partial charge >= 0.3 is 5.97 Å². The maximum absolute atomic E-state index is 12.0. The first kappa shape index (κ1) is 20.3. The molecule has 3 rings (SSSR count). The normalized spacial score (nSPS) is 10.2. The predicted molar refractivity (Wildman–Crippen MR) is 110 cm³/mol. The van der Waals surface area contributed by atoms with Crippen LogP contribution in [0, 0.1) is 0 Å². The minimum absolute atomic E-state index is 0.0334. The van der Waals surface area contributed by atoms with E-state index in [-0.39, 0.29) is 31.1 Å². The van der Waals surface area contributed by atoms with Crippen LogP contribution in [0.2, 0.25) is 0 Å². The number of carbonyl (C=O) groups is 3. The van der Waals surface area contributed by atoms with Crippen LogP contribution in [0.4, 0.5) is 5.69 Å². The van der Waals surface area contributed by atoms with Crippen LogP contribution in [-0.2, 0) is 14.3 Å². The average Bonchev–Trinajstić information content (AvgIpc) is 3.28. The van der Waals surface area contributed by atoms with E-state index in [9.17, 15) is 14.4 Å². The maximum atomic E-state index is 12.0. The van der Waals surface area contributed by atoms with Crippen molar-refractivity contribution in [2.75, 3.05) is 11.9 Å². The molecule has 0 unspecified atom stereocenters. The van der Waals surface area contributed by atoms with E-state index in [1.807, 2.05) is 30.3 Å². The van der Waals surface area contributed by atoms with Gasteiger partial charge in [-0.15, -0.1) is 11.3 Å². The molecule has 0 aliphatic heterocycles. The van der Waals surface area contributed by atoms with Gasteiger partial charge in [0.25, 0.3) is 0 Å². The molecule has 0 saturated heterocycles. The molecule has 29 heavy (non-hydrogen) atoms. The number of hydrogen-bond donors (Lipinski definition) is 1. The molecule has 0 aliphatic carbocycles. The van der Waals surface area contributed by atoms with E-state index in [0.29, 0.717) is 16.3 Å². The molecule has 0 aliphatic rings. The summed E-state index contributed by atoms with van der Waals surface area (Å²) >= 11 is 1.29. The lowest BCUT2D eigenvalue weighted by molar-refractivity contribution is -0.143. The summed E-state index contributed by atoms with van der Waals surface area (Å²) in [4.78, 5) is 36.0. The Hall–Kier alpha value is -3.45. The van der Waals surface area contributed by atoms with Crippen LogP contribution in [-0.4, -0.2) is 24.3 Å². The van der Waals surface area contributed by atoms with Crippen LogP contribution < -0.4 is 10.1 Å². The number of esters is 1. The minimum atomic E-state index is -0.586. The van der Waals surface area contributed by atoms with Crippen molar-refractivity contribution in [3.8, 4) is 11.5 Å². The standard InChI is InChI=1S/C22H19NO5S/c24-19(20-7-4-14-29-20)15-27-22(26)13-12-21(25)23-16-8-10-18(11-9-16)28-17-5-2-1-3-6-17/h1-11,14H,12-13,15H2,(H,23,25). The maximum Gasteiger partial charge on any atom is 0.306 e. The van der Waals surface area contributed by atoms with Crippen molar-refractivity contribution in [3.63, 3.8) is 0 Å². The summed E-state index contributed by atoms with van der Waals surface area (Å²) in [6.07, 6.45) is -0.132. The average molecular weight is 409 g/mol. The molecule has 1 N–H and O–H groups in total. The molecule has 0 spiro atoms. The van der Waals surface area contributed by atoms with Gasteiger partial charge in [-0.1, -0.05) is 24.3 Å². The number of amides is 1. The molecule has 1 amide bonds. The van der Waals surface area contributed by atoms with E-state index in [0.717, 1.165) is 5.75 Å². The van der Waals surface area contributed by atoms with Gasteiger partial charge in [-0.2, -0.15) is 0 Å². The number of nitrogens with one attached hydrogen (secondary N) is 1. The van der Waals surface area contributed by atoms with Gasteiger partial charge < -0.3 is 14.8 Å². The smallest absolute Gasteiger partial charge is 0.306 e. The van der Waals surface area contributed by atoms with Crippen LogP contribution in [0.25, 0.3) is 0 Å². The van der Waals surface area contributed by atoms with Crippen molar-refractivity contribution < 1.29 is 23.9 Å². The van der Waals surface area contributed by atoms with Crippen molar-refractivity contribution in [2.45, 2.75) is 12.8 Å². The molecule has 0 atom stereocenters. The number of benzene rings is 2. The molecule has 0 saturated carbocycles. The van der Waals surface area contributed by atoms with Crippen LogP contribution in [0.3, 0.4) is 0 Å². The number of thiophene rings is 1. The largest absolute Gasteiger partial charge is 0.457 e. The van der Waals surface area contributed by atoms with Gasteiger partial charge in [-0.05, 0) is 47.8 Å². The molecular formula is C22H19NO5S. The number of anilines is 1. The van der Waals surface area contributed by atoms with Crippen LogP contribution in [0.1, 0.15) is 22.5 Å². The highest BCUT2D eigenvalue weighted by Crippen LogP contribution is 2.22. The summed E-state index contributed by atoms with van der Waals surface area (Å²) in [5.41, 5.74) is 0.594. The first-order chi connectivity index (χ1) is 14.1. The Labute approximate surface area is 172 Å². The predicted octanol–water partition coefficient (Wildman–Crippen LogP) is 4.69. The molecule has 2 aromatic carbocycles. The Morgan fingerprint density at radius 3 is 2.24 bits per heavy atom. The Bertz CT molecular complexity index is 953. The van der Waals surface area contributed by atoms with Gasteiger partial charge in [0.2, 0.25) is 11.7 Å². The Morgan fingerprint density at radius 2 is 1.55 bits per heavy atom. The van der Waals surface area contributed by atoms with E-state index in [2.05, 4.69) is 5.32 Å². The van der Waals surface area contributed by atoms with Crippen molar-refractivity contribution in [1.29, 1.82) is 0 Å². The molecule has 7 heteroatoms. The van der Waals surface area contributed by atoms with Crippen molar-refractivity contribution >= 4 is 34.7 Å². The molecule has 3 aromatic rings. The zero-order valence-corrected chi connectivity index (χ0v) is 16.3. The summed E-state index contributed by atoms with van der Waals surface area (Å²) < 4.78 is 10.6. The van der Waals surface area contributed by atoms with Crippen molar-refractivity contribution in [2.24, 2.45) is 0 Å². The molecular weight excluding hydrogens is 390 g/mol. The third-order valence-electron chi connectivity index (χ3n) is 3.83. The second-order valence-corrected chi connectivity index (χ2v) is 7.00. The summed E-state index contributed by atoms with van der Waals surface area (Å²) in [6, 6.07) is 19.7. The summed E-state index contributed by atoms with van der Waals surface area (Å²) in [6.45, 7) is -0.316. The number of carbonyl (C=O) groups excluding carboxylic acids is 3. The monoisotopic (exact) mass is 409 g/mol. The van der Waals surface area contributed by atoms with E-state index >= 15 is 0 Å². The highest BCUT2D eigenvalue weighted by molar-refractivity contribution is 7.12. The Kier molecular flexibility index (Phi) is 7.13. The second-order valence-electron chi connectivity index (χ2n) is 6.05. The summed E-state index contributed by atoms with van der Waals surface area (Å²) in [5.74, 6) is 0.212. The molecule has 0 fully saturated rings. The topological polar surface area (TPSA) is 81.7 Å². The van der Waals surface area contributed by atoms with Gasteiger partial charge in [-0.3, -0.25) is 14.4 Å². The minimum Gasteiger partial charge on any atom is -0.457 e. The van der Waals surface area contributed by atoms with Gasteiger partial charge in [0.1, 0.15) is 11.5 Å². The quantitative estimate of drug-likeness (QED) is 0.410. The zero-order chi connectivity index (χ0) is 20.5. The van der Waals surface area contributed by atoms with Crippen LogP contribution in [0.15, 0.2) is 72.1 Å². The van der Waals surface area contributed by atoms with Crippen molar-refractivity contribution in [3.05, 3.63) is 77.0 Å². The highest BCUT2D eigenvalue weighted by Gasteiger charge is 2.12. The fourth-order valence-electron chi connectivity index (χ4n) is 2.40. The Balaban J connectivity index is 1.38. The molecule has 1 heterocycles. The molecule has 0 bridgehead atoms. The van der Waals surface area contributed by atoms with E-state index < -0.39 is 5.97 Å². The molecule has 0 radical (unpaired) electrons. The number of ketones is 1. The lowest BCUT2D eigenvalue weighted by atomic mass is 10.2. The fourth-order valence-corrected chi connectivity index (χ4v) is 3.05. The molecule has 6 nitrogen and oxygen atoms in total. The van der Waals surface area contributed by atoms with Gasteiger partial charge in [0, 0.05) is 12.1 Å². The van der Waals surface area contributed by atoms with E-state index in [1.54, 1.807) is 41.8 Å². The lowest BCUT2D eigenvalue weighted by Gasteiger charge is -2.08. The summed E-state index contributed by atoms with van der Waals surface area (Å²) in [7, 11) is 0. The first-order valence-electron chi connectivity index (χ1n) is 8.95. The lowest BCUT2D eigenvalue weighted by Crippen LogP contribution is -2.17. The number of hydrogen-bond acceptors (Lipinski definition) is 6. The third kappa shape index (κ3) is 6.58. The fraction of sp³-hybridized carbons (Fsp3) is 0.136. The zero-order valence-electron chi connectivity index (χ0n) is 15.5. The molecule has 1 aromatic heterocycles. The number of ether oxygens (including phenoxy) is 2. The highest BCUT2D eigenvalue weighted by atomic mass is 32.1. The third-order valence-corrected chi connectivity index (χ3v) is 4.74. The number of Topliss-reactive ketones (excluding diaryl/α,β-unsaturated/α-hetero) is 1. The van der Waals surface area contributed by atoms with Crippen molar-refractivity contribution in [1.82, 2.24) is 0 Å². The second kappa shape index (κ2) is 10.2. The molecule has 148 valence electrons. The van der Waals surface area contributed by atoms with Gasteiger partial charge in [0.15, 0.2) is 6.61 Å². The first-order valence-corrected chi connectivity index (χ1v) is 9.83. The van der Waals surface area contributed by atoms with Gasteiger partial charge in [-0.25, -0.2) is 0 Å². The summed E-state index contributed by atoms with van der Waals surface area (Å²) in [5, 5.41) is 4.49. The van der Waals surface area contributed by atoms with Gasteiger partial charge in [0.05, 0.1) is 11.3 Å².